The second-order valence-electron chi connectivity index (χ2n) is 7.88. The highest BCUT2D eigenvalue weighted by atomic mass is 35.5. The third kappa shape index (κ3) is 4.65. The zero-order chi connectivity index (χ0) is 25.2. The predicted molar refractivity (Wildman–Crippen MR) is 141 cm³/mol. The summed E-state index contributed by atoms with van der Waals surface area (Å²) in [5, 5.41) is 11.4. The van der Waals surface area contributed by atoms with Gasteiger partial charge < -0.3 is 9.47 Å². The van der Waals surface area contributed by atoms with Gasteiger partial charge in [0.2, 0.25) is 0 Å². The number of nitrogens with zero attached hydrogens (tertiary/aromatic N) is 2. The van der Waals surface area contributed by atoms with Gasteiger partial charge in [0, 0.05) is 5.41 Å². The van der Waals surface area contributed by atoms with E-state index in [4.69, 9.17) is 26.5 Å². The molecule has 3 aromatic carbocycles. The van der Waals surface area contributed by atoms with E-state index in [1.165, 1.54) is 31.0 Å². The minimum Gasteiger partial charge on any atom is -0.493 e. The van der Waals surface area contributed by atoms with E-state index in [2.05, 4.69) is 4.99 Å². The third-order valence-electron chi connectivity index (χ3n) is 5.54. The minimum absolute atomic E-state index is 0.0248. The van der Waals surface area contributed by atoms with E-state index in [0.717, 1.165) is 16.8 Å². The molecule has 180 valence electrons. The molecule has 0 spiro atoms. The summed E-state index contributed by atoms with van der Waals surface area (Å²) in [6, 6.07) is 18.9. The lowest BCUT2D eigenvalue weighted by Gasteiger charge is -2.27. The number of benzene rings is 3. The van der Waals surface area contributed by atoms with Gasteiger partial charge in [0.25, 0.3) is 5.91 Å². The largest absolute Gasteiger partial charge is 0.493 e. The molecule has 0 aromatic heterocycles. The Morgan fingerprint density at radius 3 is 2.61 bits per heavy atom. The molecule has 0 saturated carbocycles. The van der Waals surface area contributed by atoms with Gasteiger partial charge in [-0.05, 0) is 47.0 Å². The summed E-state index contributed by atoms with van der Waals surface area (Å²) in [6.45, 7) is 0.165. The number of carbonyl (C=O) groups excluding carboxylic acids is 1. The molecule has 5 rings (SSSR count). The molecule has 6 nitrogen and oxygen atoms in total. The van der Waals surface area contributed by atoms with E-state index >= 15 is 0 Å². The van der Waals surface area contributed by atoms with Gasteiger partial charge in [0.1, 0.15) is 18.3 Å². The number of rotatable bonds is 6. The van der Waals surface area contributed by atoms with Gasteiger partial charge in [-0.2, -0.15) is 4.99 Å². The Morgan fingerprint density at radius 2 is 1.89 bits per heavy atom. The average molecular weight is 520 g/mol. The number of ether oxygens (including phenoxy) is 2. The number of methoxy groups -OCH3 is 1. The first kappa shape index (κ1) is 23.8. The molecular formula is C27H19ClFN3O3S. The van der Waals surface area contributed by atoms with Gasteiger partial charge in [-0.25, -0.2) is 4.39 Å². The number of hydrogen-bond acceptors (Lipinski definition) is 5. The van der Waals surface area contributed by atoms with Crippen LogP contribution in [0.15, 0.2) is 82.7 Å². The summed E-state index contributed by atoms with van der Waals surface area (Å²) < 4.78 is 24.5. The molecule has 2 aliphatic heterocycles. The first-order chi connectivity index (χ1) is 17.4. The van der Waals surface area contributed by atoms with E-state index in [1.807, 2.05) is 35.7 Å². The second kappa shape index (κ2) is 10.0. The molecule has 0 radical (unpaired) electrons. The molecule has 3 aromatic rings. The molecule has 0 bridgehead atoms. The van der Waals surface area contributed by atoms with Crippen molar-refractivity contribution < 1.29 is 18.7 Å². The second-order valence-corrected chi connectivity index (χ2v) is 9.12. The lowest BCUT2D eigenvalue weighted by atomic mass is 10.1. The van der Waals surface area contributed by atoms with Crippen LogP contribution in [0.25, 0.3) is 11.8 Å². The topological polar surface area (TPSA) is 75.0 Å². The average Bonchev–Trinajstić information content (AvgIpc) is 3.31. The summed E-state index contributed by atoms with van der Waals surface area (Å²) in [7, 11) is 1.48. The van der Waals surface area contributed by atoms with E-state index in [9.17, 15) is 9.18 Å². The number of fused-ring (bicyclic) bond motifs is 1. The molecule has 0 aliphatic carbocycles. The number of carbonyl (C=O) groups is 1. The fourth-order valence-electron chi connectivity index (χ4n) is 3.78. The van der Waals surface area contributed by atoms with Crippen LogP contribution in [0.4, 0.5) is 4.39 Å². The van der Waals surface area contributed by atoms with Gasteiger partial charge in [-0.1, -0.05) is 65.8 Å². The van der Waals surface area contributed by atoms with Crippen molar-refractivity contribution in [2.75, 3.05) is 7.11 Å². The zero-order valence-electron chi connectivity index (χ0n) is 19.0. The Kier molecular flexibility index (Phi) is 6.63. The van der Waals surface area contributed by atoms with E-state index in [-0.39, 0.29) is 28.9 Å². The summed E-state index contributed by atoms with van der Waals surface area (Å²) in [6.07, 6.45) is 1.56. The van der Waals surface area contributed by atoms with Crippen LogP contribution in [0.5, 0.6) is 11.5 Å². The summed E-state index contributed by atoms with van der Waals surface area (Å²) in [4.78, 5) is 18.7. The van der Waals surface area contributed by atoms with Crippen LogP contribution in [0.2, 0.25) is 5.02 Å². The quantitative estimate of drug-likeness (QED) is 0.383. The van der Waals surface area contributed by atoms with Gasteiger partial charge in [0.05, 0.1) is 23.4 Å². The molecule has 1 amide bonds. The van der Waals surface area contributed by atoms with Crippen molar-refractivity contribution in [3.8, 4) is 11.5 Å². The Morgan fingerprint density at radius 1 is 1.14 bits per heavy atom. The molecule has 2 heterocycles. The van der Waals surface area contributed by atoms with Crippen LogP contribution in [-0.4, -0.2) is 28.9 Å². The fourth-order valence-corrected chi connectivity index (χ4v) is 4.94. The molecule has 1 N–H and O–H groups in total. The summed E-state index contributed by atoms with van der Waals surface area (Å²) >= 11 is 7.81. The number of thioether (sulfide) groups is 1. The molecule has 36 heavy (non-hydrogen) atoms. The maximum absolute atomic E-state index is 13.2. The predicted octanol–water partition coefficient (Wildman–Crippen LogP) is 6.37. The van der Waals surface area contributed by atoms with Crippen molar-refractivity contribution in [3.63, 3.8) is 0 Å². The first-order valence-electron chi connectivity index (χ1n) is 10.9. The monoisotopic (exact) mass is 519 g/mol. The minimum atomic E-state index is -0.506. The molecule has 0 saturated heterocycles. The van der Waals surface area contributed by atoms with E-state index < -0.39 is 5.91 Å². The first-order valence-corrected chi connectivity index (χ1v) is 12.1. The van der Waals surface area contributed by atoms with Crippen molar-refractivity contribution in [2.24, 2.45) is 4.99 Å². The highest BCUT2D eigenvalue weighted by molar-refractivity contribution is 8.17. The Hall–Kier alpha value is -3.88. The normalized spacial score (nSPS) is 16.1. The van der Waals surface area contributed by atoms with Gasteiger partial charge in [-0.3, -0.25) is 15.1 Å². The van der Waals surface area contributed by atoms with Crippen LogP contribution in [0.1, 0.15) is 16.7 Å². The van der Waals surface area contributed by atoms with E-state index in [0.29, 0.717) is 22.2 Å². The molecular weight excluding hydrogens is 501 g/mol. The lowest BCUT2D eigenvalue weighted by Crippen LogP contribution is -2.38. The molecule has 0 fully saturated rings. The fraction of sp³-hybridized carbons (Fsp3) is 0.0741. The highest BCUT2D eigenvalue weighted by Crippen LogP contribution is 2.40. The number of hydrogen-bond donors (Lipinski definition) is 1. The van der Waals surface area contributed by atoms with E-state index in [1.54, 1.807) is 35.2 Å². The number of halogens is 2. The van der Waals surface area contributed by atoms with Gasteiger partial charge >= 0.3 is 0 Å². The van der Waals surface area contributed by atoms with Gasteiger partial charge in [0.15, 0.2) is 16.7 Å². The SMILES string of the molecule is COc1cc(/C=C2/C(=N)N3C(c4ccccc4)=CSC3=NC2=O)cc(Cl)c1OCc1ccc(F)cc1. The Bertz CT molecular complexity index is 1450. The summed E-state index contributed by atoms with van der Waals surface area (Å²) in [5.41, 5.74) is 3.14. The summed E-state index contributed by atoms with van der Waals surface area (Å²) in [5.74, 6) is -0.131. The third-order valence-corrected chi connectivity index (χ3v) is 6.65. The van der Waals surface area contributed by atoms with Crippen molar-refractivity contribution in [2.45, 2.75) is 6.61 Å². The van der Waals surface area contributed by atoms with Crippen LogP contribution >= 0.6 is 23.4 Å². The van der Waals surface area contributed by atoms with Crippen LogP contribution in [0, 0.1) is 11.2 Å². The standard InChI is InChI=1S/C27H19ClFN3O3S/c1-34-23-13-17(12-21(28)24(23)35-14-16-7-9-19(29)10-8-16)11-20-25(30)32-22(18-5-3-2-4-6-18)15-36-27(32)31-26(20)33/h2-13,15,30H,14H2,1H3/b20-11-,30-25?. The number of nitrogens with one attached hydrogen (secondary N) is 1. The van der Waals surface area contributed by atoms with Crippen LogP contribution in [-0.2, 0) is 11.4 Å². The smallest absolute Gasteiger partial charge is 0.283 e. The molecule has 0 atom stereocenters. The molecule has 2 aliphatic rings. The van der Waals surface area contributed by atoms with Crippen molar-refractivity contribution in [1.29, 1.82) is 5.41 Å². The van der Waals surface area contributed by atoms with Crippen molar-refractivity contribution in [1.82, 2.24) is 4.90 Å². The zero-order valence-corrected chi connectivity index (χ0v) is 20.6. The maximum atomic E-state index is 13.2. The van der Waals surface area contributed by atoms with Crippen LogP contribution in [0.3, 0.4) is 0 Å². The lowest BCUT2D eigenvalue weighted by molar-refractivity contribution is -0.114. The Balaban J connectivity index is 1.43. The van der Waals surface area contributed by atoms with Crippen molar-refractivity contribution >= 4 is 52.0 Å². The maximum Gasteiger partial charge on any atom is 0.283 e. The molecule has 9 heteroatoms. The number of amides is 1. The Labute approximate surface area is 216 Å². The highest BCUT2D eigenvalue weighted by Gasteiger charge is 2.36. The van der Waals surface area contributed by atoms with Crippen molar-refractivity contribution in [3.05, 3.63) is 105 Å². The van der Waals surface area contributed by atoms with Gasteiger partial charge in [-0.15, -0.1) is 0 Å². The van der Waals surface area contributed by atoms with Crippen LogP contribution < -0.4 is 9.47 Å². The molecule has 0 unspecified atom stereocenters. The number of amidine groups is 2. The number of aliphatic imine (C=N–C) groups is 1.